The van der Waals surface area contributed by atoms with Crippen LogP contribution in [-0.2, 0) is 6.42 Å². The second kappa shape index (κ2) is 4.15. The fourth-order valence-corrected chi connectivity index (χ4v) is 1.92. The monoisotopic (exact) mass is 221 g/mol. The molecule has 1 unspecified atom stereocenters. The summed E-state index contributed by atoms with van der Waals surface area (Å²) in [5, 5.41) is 12.7. The molecule has 0 aliphatic rings. The summed E-state index contributed by atoms with van der Waals surface area (Å²) in [6.07, 6.45) is 3.05. The van der Waals surface area contributed by atoms with Crippen LogP contribution >= 0.6 is 0 Å². The van der Waals surface area contributed by atoms with Crippen LogP contribution in [0.3, 0.4) is 0 Å². The second-order valence-corrected chi connectivity index (χ2v) is 4.23. The molecule has 2 aromatic heterocycles. The van der Waals surface area contributed by atoms with E-state index in [-0.39, 0.29) is 0 Å². The number of rotatable bonds is 4. The van der Waals surface area contributed by atoms with Crippen molar-refractivity contribution in [3.8, 4) is 0 Å². The van der Waals surface area contributed by atoms with Gasteiger partial charge in [0.05, 0.1) is 17.1 Å². The number of aryl methyl sites for hydroxylation is 1. The summed E-state index contributed by atoms with van der Waals surface area (Å²) < 4.78 is 1.98. The fourth-order valence-electron chi connectivity index (χ4n) is 1.92. The van der Waals surface area contributed by atoms with Gasteiger partial charge in [0.2, 0.25) is 0 Å². The SMILES string of the molecule is CCCc1nn(C(C)CC)c2n[nH]c(N)c12. The molecule has 0 fully saturated rings. The van der Waals surface area contributed by atoms with E-state index in [9.17, 15) is 0 Å². The van der Waals surface area contributed by atoms with E-state index in [0.29, 0.717) is 11.9 Å². The van der Waals surface area contributed by atoms with Gasteiger partial charge in [-0.1, -0.05) is 20.3 Å². The summed E-state index contributed by atoms with van der Waals surface area (Å²) in [6, 6.07) is 0.357. The first-order valence-electron chi connectivity index (χ1n) is 5.89. The lowest BCUT2D eigenvalue weighted by Gasteiger charge is -2.08. The number of aromatic nitrogens is 4. The Balaban J connectivity index is 2.58. The summed E-state index contributed by atoms with van der Waals surface area (Å²) in [7, 11) is 0. The summed E-state index contributed by atoms with van der Waals surface area (Å²) in [6.45, 7) is 6.44. The summed E-state index contributed by atoms with van der Waals surface area (Å²) >= 11 is 0. The van der Waals surface area contributed by atoms with Crippen LogP contribution in [0.1, 0.15) is 45.3 Å². The van der Waals surface area contributed by atoms with Crippen LogP contribution in [0.2, 0.25) is 0 Å². The Morgan fingerprint density at radius 1 is 1.44 bits per heavy atom. The summed E-state index contributed by atoms with van der Waals surface area (Å²) in [4.78, 5) is 0. The van der Waals surface area contributed by atoms with Gasteiger partial charge in [0.1, 0.15) is 5.82 Å². The topological polar surface area (TPSA) is 72.5 Å². The number of nitrogens with zero attached hydrogens (tertiary/aromatic N) is 3. The molecule has 5 heteroatoms. The van der Waals surface area contributed by atoms with Crippen LogP contribution in [0.15, 0.2) is 0 Å². The molecule has 0 spiro atoms. The van der Waals surface area contributed by atoms with Crippen molar-refractivity contribution >= 4 is 16.9 Å². The van der Waals surface area contributed by atoms with Crippen molar-refractivity contribution in [3.63, 3.8) is 0 Å². The number of nitrogen functional groups attached to an aromatic ring is 1. The van der Waals surface area contributed by atoms with Gasteiger partial charge in [0.15, 0.2) is 5.65 Å². The molecule has 2 aromatic rings. The van der Waals surface area contributed by atoms with Gasteiger partial charge in [-0.15, -0.1) is 0 Å². The summed E-state index contributed by atoms with van der Waals surface area (Å²) in [5.74, 6) is 0.632. The first-order valence-corrected chi connectivity index (χ1v) is 5.89. The van der Waals surface area contributed by atoms with Crippen LogP contribution in [0.25, 0.3) is 11.0 Å². The highest BCUT2D eigenvalue weighted by molar-refractivity contribution is 5.89. The van der Waals surface area contributed by atoms with Gasteiger partial charge in [0.25, 0.3) is 0 Å². The lowest BCUT2D eigenvalue weighted by atomic mass is 10.2. The number of hydrogen-bond donors (Lipinski definition) is 2. The Hall–Kier alpha value is -1.52. The third-order valence-corrected chi connectivity index (χ3v) is 3.00. The molecule has 0 aromatic carbocycles. The molecule has 0 saturated carbocycles. The zero-order valence-electron chi connectivity index (χ0n) is 10.1. The van der Waals surface area contributed by atoms with E-state index in [4.69, 9.17) is 5.73 Å². The maximum absolute atomic E-state index is 5.89. The van der Waals surface area contributed by atoms with E-state index >= 15 is 0 Å². The van der Waals surface area contributed by atoms with E-state index in [0.717, 1.165) is 36.0 Å². The largest absolute Gasteiger partial charge is 0.383 e. The van der Waals surface area contributed by atoms with Gasteiger partial charge in [-0.2, -0.15) is 10.2 Å². The van der Waals surface area contributed by atoms with Crippen LogP contribution in [0, 0.1) is 0 Å². The molecule has 0 aliphatic heterocycles. The van der Waals surface area contributed by atoms with Gasteiger partial charge in [-0.3, -0.25) is 5.10 Å². The Bertz CT molecular complexity index is 482. The number of anilines is 1. The van der Waals surface area contributed by atoms with Crippen molar-refractivity contribution in [1.29, 1.82) is 0 Å². The molecule has 0 saturated heterocycles. The van der Waals surface area contributed by atoms with E-state index < -0.39 is 0 Å². The lowest BCUT2D eigenvalue weighted by Crippen LogP contribution is -2.06. The quantitative estimate of drug-likeness (QED) is 0.831. The third kappa shape index (κ3) is 1.56. The second-order valence-electron chi connectivity index (χ2n) is 4.23. The zero-order valence-corrected chi connectivity index (χ0v) is 10.1. The number of fused-ring (bicyclic) bond motifs is 1. The van der Waals surface area contributed by atoms with Gasteiger partial charge in [-0.25, -0.2) is 4.68 Å². The minimum Gasteiger partial charge on any atom is -0.383 e. The van der Waals surface area contributed by atoms with Crippen molar-refractivity contribution in [3.05, 3.63) is 5.69 Å². The first-order chi connectivity index (χ1) is 7.69. The fraction of sp³-hybridized carbons (Fsp3) is 0.636. The van der Waals surface area contributed by atoms with Crippen LogP contribution in [0.5, 0.6) is 0 Å². The number of nitrogens with two attached hydrogens (primary N) is 1. The molecule has 16 heavy (non-hydrogen) atoms. The van der Waals surface area contributed by atoms with Gasteiger partial charge < -0.3 is 5.73 Å². The predicted molar refractivity (Wildman–Crippen MR) is 65.3 cm³/mol. The molecule has 2 heterocycles. The Kier molecular flexibility index (Phi) is 2.85. The third-order valence-electron chi connectivity index (χ3n) is 3.00. The van der Waals surface area contributed by atoms with Crippen molar-refractivity contribution in [2.75, 3.05) is 5.73 Å². The summed E-state index contributed by atoms with van der Waals surface area (Å²) in [5.41, 5.74) is 7.83. The van der Waals surface area contributed by atoms with Crippen molar-refractivity contribution in [2.24, 2.45) is 0 Å². The molecule has 0 amide bonds. The first kappa shape index (κ1) is 11.0. The molecular formula is C11H19N5. The van der Waals surface area contributed by atoms with Crippen LogP contribution < -0.4 is 5.73 Å². The van der Waals surface area contributed by atoms with Gasteiger partial charge >= 0.3 is 0 Å². The molecule has 88 valence electrons. The highest BCUT2D eigenvalue weighted by Gasteiger charge is 2.18. The molecule has 5 nitrogen and oxygen atoms in total. The minimum atomic E-state index is 0.357. The zero-order chi connectivity index (χ0) is 11.7. The van der Waals surface area contributed by atoms with Crippen molar-refractivity contribution < 1.29 is 0 Å². The number of H-pyrrole nitrogens is 1. The highest BCUT2D eigenvalue weighted by atomic mass is 15.4. The molecule has 0 aliphatic carbocycles. The maximum atomic E-state index is 5.89. The molecule has 0 bridgehead atoms. The van der Waals surface area contributed by atoms with Crippen molar-refractivity contribution in [1.82, 2.24) is 20.0 Å². The van der Waals surface area contributed by atoms with E-state index in [1.54, 1.807) is 0 Å². The Labute approximate surface area is 95.0 Å². The highest BCUT2D eigenvalue weighted by Crippen LogP contribution is 2.26. The van der Waals surface area contributed by atoms with E-state index in [2.05, 4.69) is 36.1 Å². The lowest BCUT2D eigenvalue weighted by molar-refractivity contribution is 0.483. The molecular weight excluding hydrogens is 202 g/mol. The number of hydrogen-bond acceptors (Lipinski definition) is 3. The number of aromatic amines is 1. The molecule has 2 rings (SSSR count). The molecule has 0 radical (unpaired) electrons. The standard InChI is InChI=1S/C11H19N5/c1-4-6-8-9-10(12)13-14-11(9)16(15-8)7(3)5-2/h7H,4-6H2,1-3H3,(H3,12,13,14). The minimum absolute atomic E-state index is 0.357. The molecule has 3 N–H and O–H groups in total. The normalized spacial score (nSPS) is 13.4. The smallest absolute Gasteiger partial charge is 0.182 e. The predicted octanol–water partition coefficient (Wildman–Crippen LogP) is 2.27. The maximum Gasteiger partial charge on any atom is 0.182 e. The van der Waals surface area contributed by atoms with E-state index in [1.807, 2.05) is 4.68 Å². The molecule has 1 atom stereocenters. The van der Waals surface area contributed by atoms with Crippen molar-refractivity contribution in [2.45, 2.75) is 46.1 Å². The van der Waals surface area contributed by atoms with Crippen LogP contribution in [0.4, 0.5) is 5.82 Å². The van der Waals surface area contributed by atoms with Crippen LogP contribution in [-0.4, -0.2) is 20.0 Å². The number of nitrogens with one attached hydrogen (secondary N) is 1. The Morgan fingerprint density at radius 2 is 2.19 bits per heavy atom. The van der Waals surface area contributed by atoms with Gasteiger partial charge in [-0.05, 0) is 19.8 Å². The Morgan fingerprint density at radius 3 is 2.81 bits per heavy atom. The van der Waals surface area contributed by atoms with Gasteiger partial charge in [0, 0.05) is 0 Å². The average molecular weight is 221 g/mol. The average Bonchev–Trinajstić information content (AvgIpc) is 2.81. The van der Waals surface area contributed by atoms with E-state index in [1.165, 1.54) is 0 Å².